The first-order valence-electron chi connectivity index (χ1n) is 11.9. The van der Waals surface area contributed by atoms with Gasteiger partial charge in [-0.3, -0.25) is 9.59 Å². The van der Waals surface area contributed by atoms with Crippen LogP contribution in [0.25, 0.3) is 0 Å². The van der Waals surface area contributed by atoms with E-state index in [4.69, 9.17) is 24.3 Å². The molecule has 0 aromatic heterocycles. The molecule has 0 heterocycles. The predicted molar refractivity (Wildman–Crippen MR) is 133 cm³/mol. The summed E-state index contributed by atoms with van der Waals surface area (Å²) in [5.41, 5.74) is 9.92. The third-order valence-electron chi connectivity index (χ3n) is 5.57. The van der Waals surface area contributed by atoms with Crippen LogP contribution in [0.2, 0.25) is 0 Å². The summed E-state index contributed by atoms with van der Waals surface area (Å²) in [6.45, 7) is 0. The van der Waals surface area contributed by atoms with Gasteiger partial charge in [0, 0.05) is 32.1 Å². The van der Waals surface area contributed by atoms with Gasteiger partial charge < -0.3 is 11.5 Å². The molecule has 0 atom stereocenters. The van der Waals surface area contributed by atoms with Crippen LogP contribution in [0.5, 0.6) is 0 Å². The molecule has 0 bridgehead atoms. The zero-order valence-electron chi connectivity index (χ0n) is 19.6. The highest BCUT2D eigenvalue weighted by Crippen LogP contribution is 2.32. The van der Waals surface area contributed by atoms with Crippen molar-refractivity contribution in [2.75, 3.05) is 0 Å². The van der Waals surface area contributed by atoms with Crippen molar-refractivity contribution >= 4 is 11.8 Å². The molecule has 4 heteroatoms. The average Bonchev–Trinajstić information content (AvgIpc) is 2.75. The fourth-order valence-corrected chi connectivity index (χ4v) is 3.57. The van der Waals surface area contributed by atoms with Crippen molar-refractivity contribution in [2.45, 2.75) is 109 Å². The average molecular weight is 437 g/mol. The van der Waals surface area contributed by atoms with Crippen LogP contribution in [0.3, 0.4) is 0 Å². The largest absolute Gasteiger partial charge is 0.370 e. The molecule has 0 aromatic carbocycles. The topological polar surface area (TPSA) is 86.2 Å². The van der Waals surface area contributed by atoms with Gasteiger partial charge in [0.25, 0.3) is 0 Å². The lowest BCUT2D eigenvalue weighted by Gasteiger charge is -2.26. The third kappa shape index (κ3) is 15.9. The number of nitrogens with two attached hydrogens (primary N) is 2. The van der Waals surface area contributed by atoms with Crippen molar-refractivity contribution in [2.24, 2.45) is 16.9 Å². The summed E-state index contributed by atoms with van der Waals surface area (Å²) >= 11 is 0. The van der Waals surface area contributed by atoms with E-state index in [1.54, 1.807) is 0 Å². The Labute approximate surface area is 196 Å². The van der Waals surface area contributed by atoms with E-state index in [2.05, 4.69) is 35.5 Å². The van der Waals surface area contributed by atoms with Crippen LogP contribution in [0.1, 0.15) is 109 Å². The van der Waals surface area contributed by atoms with E-state index in [-0.39, 0.29) is 11.8 Å². The molecule has 0 saturated carbocycles. The molecule has 0 spiro atoms. The van der Waals surface area contributed by atoms with Crippen LogP contribution in [0, 0.1) is 53.8 Å². The molecule has 0 rings (SSSR count). The molecule has 0 saturated heterocycles. The Morgan fingerprint density at radius 1 is 0.656 bits per heavy atom. The summed E-state index contributed by atoms with van der Waals surface area (Å²) in [7, 11) is 0. The summed E-state index contributed by atoms with van der Waals surface area (Å²) in [6, 6.07) is 0. The first-order valence-corrected chi connectivity index (χ1v) is 11.9. The Hall–Kier alpha value is -2.82. The molecule has 0 unspecified atom stereocenters. The van der Waals surface area contributed by atoms with E-state index in [1.165, 1.54) is 12.8 Å². The number of primary amides is 2. The Kier molecular flexibility index (Phi) is 18.3. The van der Waals surface area contributed by atoms with Gasteiger partial charge in [0.1, 0.15) is 0 Å². The van der Waals surface area contributed by atoms with Gasteiger partial charge in [0.15, 0.2) is 0 Å². The number of amides is 2. The van der Waals surface area contributed by atoms with Gasteiger partial charge in [-0.1, -0.05) is 63.2 Å². The molecule has 0 fully saturated rings. The van der Waals surface area contributed by atoms with E-state index >= 15 is 0 Å². The van der Waals surface area contributed by atoms with Gasteiger partial charge in [-0.15, -0.1) is 24.7 Å². The van der Waals surface area contributed by atoms with Crippen molar-refractivity contribution in [1.82, 2.24) is 0 Å². The van der Waals surface area contributed by atoms with Crippen LogP contribution in [-0.4, -0.2) is 11.8 Å². The number of unbranched alkanes of at least 4 members (excludes halogenated alkanes) is 11. The molecular weight excluding hydrogens is 396 g/mol. The number of rotatable bonds is 18. The van der Waals surface area contributed by atoms with Crippen molar-refractivity contribution < 1.29 is 9.59 Å². The predicted octanol–water partition coefficient (Wildman–Crippen LogP) is 4.85. The molecule has 174 valence electrons. The van der Waals surface area contributed by atoms with Gasteiger partial charge in [-0.2, -0.15) is 0 Å². The third-order valence-corrected chi connectivity index (χ3v) is 5.57. The van der Waals surface area contributed by atoms with Crippen LogP contribution in [0.4, 0.5) is 0 Å². The summed E-state index contributed by atoms with van der Waals surface area (Å²) in [5, 5.41) is 0. The highest BCUT2D eigenvalue weighted by Gasteiger charge is 2.34. The molecule has 2 amide bonds. The molecule has 32 heavy (non-hydrogen) atoms. The van der Waals surface area contributed by atoms with E-state index in [0.29, 0.717) is 25.7 Å². The molecule has 0 aliphatic heterocycles. The fraction of sp³-hybridized carbons (Fsp3) is 0.643. The highest BCUT2D eigenvalue weighted by atomic mass is 16.1. The van der Waals surface area contributed by atoms with Gasteiger partial charge in [0.05, 0.1) is 5.41 Å². The van der Waals surface area contributed by atoms with Crippen LogP contribution >= 0.6 is 0 Å². The van der Waals surface area contributed by atoms with Gasteiger partial charge in [-0.05, 0) is 37.5 Å². The molecule has 0 aliphatic rings. The second-order valence-corrected chi connectivity index (χ2v) is 8.37. The first-order chi connectivity index (χ1) is 15.5. The second kappa shape index (κ2) is 20.1. The smallest absolute Gasteiger partial charge is 0.225 e. The van der Waals surface area contributed by atoms with Crippen LogP contribution in [0.15, 0.2) is 0 Å². The monoisotopic (exact) mass is 436 g/mol. The zero-order chi connectivity index (χ0) is 23.9. The minimum Gasteiger partial charge on any atom is -0.370 e. The molecule has 4 N–H and O–H groups in total. The Balaban J connectivity index is 3.72. The molecule has 0 aromatic rings. The van der Waals surface area contributed by atoms with Gasteiger partial charge >= 0.3 is 0 Å². The minimum absolute atomic E-state index is 0.206. The SMILES string of the molecule is C#CCC(CC#C)(CCCCCCCC#CC#CCCCCCCCCC(N)=O)C(N)=O. The van der Waals surface area contributed by atoms with Gasteiger partial charge in [0.2, 0.25) is 11.8 Å². The number of carbonyl (C=O) groups is 2. The number of hydrogen-bond donors (Lipinski definition) is 2. The highest BCUT2D eigenvalue weighted by molar-refractivity contribution is 5.81. The maximum atomic E-state index is 11.8. The lowest BCUT2D eigenvalue weighted by molar-refractivity contribution is -0.127. The number of carbonyl (C=O) groups excluding carboxylic acids is 2. The van der Waals surface area contributed by atoms with E-state index in [0.717, 1.165) is 70.6 Å². The van der Waals surface area contributed by atoms with Crippen molar-refractivity contribution in [3.8, 4) is 48.4 Å². The standard InChI is InChI=1S/C28H40N2O2/c1-3-23-28(24-4-2,27(30)32)25-21-19-17-15-13-11-9-7-5-6-8-10-12-14-16-18-20-22-26(29)31/h1-2H,8,10-25H2,(H2,29,31)(H2,30,32). The maximum absolute atomic E-state index is 11.8. The molecular formula is C28H40N2O2. The summed E-state index contributed by atoms with van der Waals surface area (Å²) in [6.07, 6.45) is 26.1. The van der Waals surface area contributed by atoms with Crippen molar-refractivity contribution in [3.63, 3.8) is 0 Å². The van der Waals surface area contributed by atoms with Crippen molar-refractivity contribution in [1.29, 1.82) is 0 Å². The Bertz CT molecular complexity index is 731. The fourth-order valence-electron chi connectivity index (χ4n) is 3.57. The summed E-state index contributed by atoms with van der Waals surface area (Å²) < 4.78 is 0. The van der Waals surface area contributed by atoms with E-state index in [1.807, 2.05) is 0 Å². The first kappa shape index (κ1) is 29.2. The lowest BCUT2D eigenvalue weighted by Crippen LogP contribution is -2.36. The maximum Gasteiger partial charge on any atom is 0.225 e. The summed E-state index contributed by atoms with van der Waals surface area (Å²) in [4.78, 5) is 22.5. The molecule has 0 aliphatic carbocycles. The van der Waals surface area contributed by atoms with Crippen molar-refractivity contribution in [3.05, 3.63) is 0 Å². The van der Waals surface area contributed by atoms with Crippen LogP contribution in [-0.2, 0) is 9.59 Å². The summed E-state index contributed by atoms with van der Waals surface area (Å²) in [5.74, 6) is 16.6. The van der Waals surface area contributed by atoms with E-state index < -0.39 is 5.41 Å². The molecule has 4 nitrogen and oxygen atoms in total. The Morgan fingerprint density at radius 2 is 1.09 bits per heavy atom. The second-order valence-electron chi connectivity index (χ2n) is 8.37. The van der Waals surface area contributed by atoms with Gasteiger partial charge in [-0.25, -0.2) is 0 Å². The molecule has 0 radical (unpaired) electrons. The Morgan fingerprint density at radius 3 is 1.53 bits per heavy atom. The van der Waals surface area contributed by atoms with E-state index in [9.17, 15) is 9.59 Å². The normalized spacial score (nSPS) is 10.1. The lowest BCUT2D eigenvalue weighted by atomic mass is 9.76. The number of hydrogen-bond acceptors (Lipinski definition) is 2. The van der Waals surface area contributed by atoms with Crippen LogP contribution < -0.4 is 11.5 Å². The quantitative estimate of drug-likeness (QED) is 0.238. The zero-order valence-corrected chi connectivity index (χ0v) is 19.6. The number of terminal acetylenes is 2. The minimum atomic E-state index is -0.750.